The summed E-state index contributed by atoms with van der Waals surface area (Å²) in [5.74, 6) is 42.3. The van der Waals surface area contributed by atoms with Crippen LogP contribution in [0.2, 0.25) is 0 Å². The maximum atomic E-state index is 6.86. The van der Waals surface area contributed by atoms with Crippen LogP contribution in [0.4, 0.5) is 0 Å². The number of terminal acetylenes is 1. The van der Waals surface area contributed by atoms with Gasteiger partial charge >= 0.3 is 0 Å². The number of nitrogens with zero attached hydrogens (tertiary/aromatic N) is 2. The molecule has 0 spiro atoms. The molecule has 0 heterocycles. The summed E-state index contributed by atoms with van der Waals surface area (Å²) < 4.78 is 0. The zero-order valence-electron chi connectivity index (χ0n) is 26.0. The Kier molecular flexibility index (Phi) is 19.9. The van der Waals surface area contributed by atoms with Crippen LogP contribution >= 0.6 is 13.5 Å². The highest BCUT2D eigenvalue weighted by Gasteiger charge is 2.22. The fraction of sp³-hybridized carbons (Fsp3) is 0.116. The Labute approximate surface area is 294 Å². The average Bonchev–Trinajstić information content (AvgIpc) is 3.76. The van der Waals surface area contributed by atoms with Gasteiger partial charge in [0.05, 0.1) is 0 Å². The summed E-state index contributed by atoms with van der Waals surface area (Å²) in [7, 11) is 0. The van der Waals surface area contributed by atoms with E-state index in [0.29, 0.717) is 5.92 Å². The Morgan fingerprint density at radius 2 is 1.23 bits per heavy atom. The second-order valence-corrected chi connectivity index (χ2v) is 8.83. The van der Waals surface area contributed by atoms with Gasteiger partial charge in [0.2, 0.25) is 0 Å². The number of allylic oxidation sites excluding steroid dienone is 8. The molecule has 4 rings (SSSR count). The zero-order valence-corrected chi connectivity index (χ0v) is 27.0. The van der Waals surface area contributed by atoms with Crippen molar-refractivity contribution in [2.24, 2.45) is 0 Å². The molecule has 1 atom stereocenters. The van der Waals surface area contributed by atoms with Crippen molar-refractivity contribution in [1.29, 1.82) is 5.53 Å². The van der Waals surface area contributed by atoms with Gasteiger partial charge in [-0.1, -0.05) is 97.8 Å². The van der Waals surface area contributed by atoms with E-state index in [1.807, 2.05) is 0 Å². The molecule has 3 nitrogen and oxygen atoms in total. The van der Waals surface area contributed by atoms with E-state index in [1.165, 1.54) is 33.4 Å². The van der Waals surface area contributed by atoms with E-state index in [2.05, 4.69) is 193 Å². The van der Waals surface area contributed by atoms with Crippen LogP contribution in [0.3, 0.4) is 0 Å². The van der Waals surface area contributed by atoms with Crippen LogP contribution in [0, 0.1) is 113 Å². The number of benzene rings is 2. The van der Waals surface area contributed by atoms with Crippen LogP contribution in [0.25, 0.3) is 16.0 Å². The van der Waals surface area contributed by atoms with Crippen molar-refractivity contribution in [1.82, 2.24) is 0 Å². The molecule has 0 saturated heterocycles. The van der Waals surface area contributed by atoms with E-state index in [1.54, 1.807) is 11.8 Å². The molecule has 2 aromatic rings. The maximum Gasteiger partial charge on any atom is 0.0213 e. The Bertz CT molecular complexity index is 2150. The lowest BCUT2D eigenvalue weighted by Crippen LogP contribution is -1.89. The topological polar surface area (TPSA) is 60.3 Å². The number of hydrogen-bond acceptors (Lipinski definition) is 1. The van der Waals surface area contributed by atoms with Gasteiger partial charge in [-0.15, -0.1) is 12.0 Å². The van der Waals surface area contributed by atoms with Gasteiger partial charge < -0.3 is 0 Å². The molecule has 4 heteroatoms. The molecule has 47 heavy (non-hydrogen) atoms. The van der Waals surface area contributed by atoms with E-state index in [0.717, 1.165) is 12.8 Å². The predicted octanol–water partition coefficient (Wildman–Crippen LogP) is 9.35. The third kappa shape index (κ3) is 14.9. The molecule has 0 fully saturated rings. The zero-order chi connectivity index (χ0) is 33.1. The SMILES string of the molecule is C#CC#CC#CC#CC#CC#CC#CC#CC#CC.CCC1=CC(c2ccccc2)C=C1C1=CC(c2ccccc2)=CC1.S.[HH].[HH].[HH].[HH].[HH].[N-]=[N+]=N. The Hall–Kier alpha value is -6.90. The molecule has 232 valence electrons. The molecule has 0 aliphatic heterocycles. The minimum atomic E-state index is 0. The molecule has 0 saturated carbocycles. The fourth-order valence-corrected chi connectivity index (χ4v) is 4.18. The third-order valence-corrected chi connectivity index (χ3v) is 6.04. The number of nitrogens with one attached hydrogen (secondary N) is 1. The highest BCUT2D eigenvalue weighted by molar-refractivity contribution is 7.59. The quantitative estimate of drug-likeness (QED) is 0.152. The van der Waals surface area contributed by atoms with Crippen molar-refractivity contribution < 1.29 is 7.13 Å². The van der Waals surface area contributed by atoms with Crippen molar-refractivity contribution >= 4 is 19.1 Å². The first-order valence-corrected chi connectivity index (χ1v) is 14.0. The Morgan fingerprint density at radius 3 is 1.70 bits per heavy atom. The van der Waals surface area contributed by atoms with E-state index in [-0.39, 0.29) is 20.6 Å². The lowest BCUT2D eigenvalue weighted by atomic mass is 9.97. The van der Waals surface area contributed by atoms with Crippen LogP contribution in [0.15, 0.2) is 102 Å². The number of rotatable bonds is 4. The van der Waals surface area contributed by atoms with Gasteiger partial charge in [0.15, 0.2) is 0 Å². The second kappa shape index (κ2) is 24.5. The molecular formula is C43H39N3S. The van der Waals surface area contributed by atoms with Gasteiger partial charge in [-0.3, -0.25) is 0 Å². The first-order valence-electron chi connectivity index (χ1n) is 14.0. The van der Waals surface area contributed by atoms with Crippen molar-refractivity contribution in [3.05, 3.63) is 123 Å². The minimum Gasteiger partial charge on any atom is -0.197 e. The molecule has 2 aromatic carbocycles. The monoisotopic (exact) mass is 629 g/mol. The summed E-state index contributed by atoms with van der Waals surface area (Å²) >= 11 is 0. The van der Waals surface area contributed by atoms with Crippen molar-refractivity contribution in [3.63, 3.8) is 0 Å². The molecule has 2 aliphatic carbocycles. The molecular weight excluding hydrogens is 591 g/mol. The smallest absolute Gasteiger partial charge is 0.0213 e. The highest BCUT2D eigenvalue weighted by Crippen LogP contribution is 2.40. The van der Waals surface area contributed by atoms with Gasteiger partial charge in [-0.25, -0.2) is 0 Å². The molecule has 0 radical (unpaired) electrons. The van der Waals surface area contributed by atoms with Crippen LogP contribution in [-0.2, 0) is 0 Å². The minimum absolute atomic E-state index is 0. The first-order chi connectivity index (χ1) is 22.7. The van der Waals surface area contributed by atoms with Gasteiger partial charge in [-0.2, -0.15) is 13.5 Å². The third-order valence-electron chi connectivity index (χ3n) is 6.04. The van der Waals surface area contributed by atoms with Crippen molar-refractivity contribution in [2.45, 2.75) is 32.6 Å². The molecule has 1 unspecified atom stereocenters. The van der Waals surface area contributed by atoms with Crippen LogP contribution in [0.5, 0.6) is 0 Å². The molecule has 0 aromatic heterocycles. The summed E-state index contributed by atoms with van der Waals surface area (Å²) in [6.45, 7) is 3.96. The maximum absolute atomic E-state index is 6.86. The lowest BCUT2D eigenvalue weighted by molar-refractivity contribution is 1.08. The Balaban J connectivity index is -0.000000243. The number of hydrogen-bond donors (Lipinski definition) is 1. The summed E-state index contributed by atoms with van der Waals surface area (Å²) in [6, 6.07) is 21.5. The lowest BCUT2D eigenvalue weighted by Gasteiger charge is -2.07. The summed E-state index contributed by atoms with van der Waals surface area (Å²) in [5.41, 5.74) is 20.7. The summed E-state index contributed by atoms with van der Waals surface area (Å²) in [5, 5.41) is 0. The van der Waals surface area contributed by atoms with Gasteiger partial charge in [0.1, 0.15) is 0 Å². The molecule has 0 bridgehead atoms. The van der Waals surface area contributed by atoms with Crippen LogP contribution < -0.4 is 0 Å². The predicted molar refractivity (Wildman–Crippen MR) is 210 cm³/mol. The molecule has 2 aliphatic rings. The van der Waals surface area contributed by atoms with Crippen LogP contribution in [-0.4, -0.2) is 0 Å². The Morgan fingerprint density at radius 1 is 0.766 bits per heavy atom. The highest BCUT2D eigenvalue weighted by atomic mass is 32.1. The fourth-order valence-electron chi connectivity index (χ4n) is 4.18. The van der Waals surface area contributed by atoms with Gasteiger partial charge in [0.25, 0.3) is 0 Å². The van der Waals surface area contributed by atoms with Crippen molar-refractivity contribution in [3.8, 4) is 107 Å². The first kappa shape index (κ1) is 38.1. The standard InChI is InChI=1S/C24H22.C19H4.HN3.H2S.5H2/c1-2-18-15-23(20-11-7-4-8-12-20)17-24(18)22-14-13-21(16-22)19-9-5-3-6-10-19;1-3-5-7-9-11-13-15-17-19-18-16-14-12-10-8-6-4-2;1-3-2;;;;;;/h3-13,15-17,23H,2,14H2,1H3;1H,2H3;1H;1H2;5*1H. The van der Waals surface area contributed by atoms with E-state index >= 15 is 0 Å². The summed E-state index contributed by atoms with van der Waals surface area (Å²) in [6.07, 6.45) is 16.6. The van der Waals surface area contributed by atoms with E-state index in [4.69, 9.17) is 17.5 Å². The van der Waals surface area contributed by atoms with Gasteiger partial charge in [-0.05, 0) is 158 Å². The molecule has 1 N–H and O–H groups in total. The van der Waals surface area contributed by atoms with Gasteiger partial charge in [0, 0.05) is 13.1 Å². The summed E-state index contributed by atoms with van der Waals surface area (Å²) in [4.78, 5) is 1.75. The van der Waals surface area contributed by atoms with E-state index < -0.39 is 0 Å². The second-order valence-electron chi connectivity index (χ2n) is 8.83. The van der Waals surface area contributed by atoms with E-state index in [9.17, 15) is 0 Å². The normalized spacial score (nSPS) is 11.7. The van der Waals surface area contributed by atoms with Crippen molar-refractivity contribution in [2.75, 3.05) is 0 Å². The molecule has 0 amide bonds. The van der Waals surface area contributed by atoms with Crippen LogP contribution in [0.1, 0.15) is 50.9 Å². The average molecular weight is 630 g/mol. The largest absolute Gasteiger partial charge is 0.197 e.